The van der Waals surface area contributed by atoms with E-state index in [9.17, 15) is 0 Å². The summed E-state index contributed by atoms with van der Waals surface area (Å²) < 4.78 is 1.78. The second kappa shape index (κ2) is 3.94. The van der Waals surface area contributed by atoms with E-state index < -0.39 is 0 Å². The van der Waals surface area contributed by atoms with E-state index in [0.717, 1.165) is 12.1 Å². The molecular formula is C9H15ClN2. The first kappa shape index (κ1) is 9.59. The zero-order chi connectivity index (χ0) is 9.14. The second-order valence-electron chi connectivity index (χ2n) is 3.51. The molecule has 0 amide bonds. The Bertz CT molecular complexity index is 242. The largest absolute Gasteiger partial charge is 0.276 e. The molecule has 68 valence electrons. The normalized spacial score (nSPS) is 13.8. The summed E-state index contributed by atoms with van der Waals surface area (Å²) >= 11 is 6.14. The Morgan fingerprint density at radius 1 is 1.58 bits per heavy atom. The molecule has 1 rings (SSSR count). The lowest BCUT2D eigenvalue weighted by Crippen LogP contribution is -1.98. The number of hydrogen-bond donors (Lipinski definition) is 0. The summed E-state index contributed by atoms with van der Waals surface area (Å²) in [7, 11) is 1.91. The first-order valence-electron chi connectivity index (χ1n) is 4.23. The lowest BCUT2D eigenvalue weighted by atomic mass is 10.1. The van der Waals surface area contributed by atoms with Crippen LogP contribution >= 0.6 is 11.6 Å². The standard InChI is InChI=1S/C9H15ClN2/c1-7(2)6-8(10)9-4-5-12(3)11-9/h4-5,7-8H,6H2,1-3H3. The molecule has 12 heavy (non-hydrogen) atoms. The first-order valence-corrected chi connectivity index (χ1v) is 4.67. The van der Waals surface area contributed by atoms with Crippen molar-refractivity contribution < 1.29 is 0 Å². The molecule has 0 aliphatic rings. The van der Waals surface area contributed by atoms with Crippen LogP contribution in [0.25, 0.3) is 0 Å². The molecule has 0 saturated heterocycles. The van der Waals surface area contributed by atoms with Gasteiger partial charge in [-0.25, -0.2) is 0 Å². The Kier molecular flexibility index (Phi) is 3.15. The zero-order valence-electron chi connectivity index (χ0n) is 7.79. The fourth-order valence-corrected chi connectivity index (χ4v) is 1.61. The lowest BCUT2D eigenvalue weighted by Gasteiger charge is -2.08. The number of alkyl halides is 1. The minimum absolute atomic E-state index is 0.0613. The van der Waals surface area contributed by atoms with Crippen LogP contribution in [-0.4, -0.2) is 9.78 Å². The number of aromatic nitrogens is 2. The molecule has 3 heteroatoms. The van der Waals surface area contributed by atoms with Crippen LogP contribution < -0.4 is 0 Å². The second-order valence-corrected chi connectivity index (χ2v) is 4.04. The topological polar surface area (TPSA) is 17.8 Å². The van der Waals surface area contributed by atoms with Gasteiger partial charge >= 0.3 is 0 Å². The van der Waals surface area contributed by atoms with Gasteiger partial charge in [0.15, 0.2) is 0 Å². The van der Waals surface area contributed by atoms with E-state index in [0.29, 0.717) is 5.92 Å². The van der Waals surface area contributed by atoms with Gasteiger partial charge in [-0.15, -0.1) is 11.6 Å². The van der Waals surface area contributed by atoms with Crippen molar-refractivity contribution in [3.63, 3.8) is 0 Å². The maximum absolute atomic E-state index is 6.14. The summed E-state index contributed by atoms with van der Waals surface area (Å²) in [5, 5.41) is 4.31. The highest BCUT2D eigenvalue weighted by molar-refractivity contribution is 6.20. The average Bonchev–Trinajstić information content (AvgIpc) is 2.34. The average molecular weight is 187 g/mol. The molecular weight excluding hydrogens is 172 g/mol. The molecule has 0 aromatic carbocycles. The van der Waals surface area contributed by atoms with Gasteiger partial charge in [0.05, 0.1) is 11.1 Å². The summed E-state index contributed by atoms with van der Waals surface area (Å²) in [5.74, 6) is 0.620. The van der Waals surface area contributed by atoms with Crippen LogP contribution in [0.15, 0.2) is 12.3 Å². The number of rotatable bonds is 3. The fourth-order valence-electron chi connectivity index (χ4n) is 1.13. The number of hydrogen-bond acceptors (Lipinski definition) is 1. The van der Waals surface area contributed by atoms with E-state index in [-0.39, 0.29) is 5.38 Å². The highest BCUT2D eigenvalue weighted by Crippen LogP contribution is 2.25. The summed E-state index contributed by atoms with van der Waals surface area (Å²) in [6, 6.07) is 1.97. The molecule has 1 aromatic rings. The highest BCUT2D eigenvalue weighted by Gasteiger charge is 2.11. The van der Waals surface area contributed by atoms with Crippen molar-refractivity contribution in [2.24, 2.45) is 13.0 Å². The molecule has 0 N–H and O–H groups in total. The minimum Gasteiger partial charge on any atom is -0.276 e. The third kappa shape index (κ3) is 2.52. The van der Waals surface area contributed by atoms with Crippen molar-refractivity contribution in [1.29, 1.82) is 0 Å². The predicted molar refractivity (Wildman–Crippen MR) is 51.3 cm³/mol. The minimum atomic E-state index is 0.0613. The fraction of sp³-hybridized carbons (Fsp3) is 0.667. The number of nitrogens with zero attached hydrogens (tertiary/aromatic N) is 2. The van der Waals surface area contributed by atoms with Gasteiger partial charge in [0.2, 0.25) is 0 Å². The van der Waals surface area contributed by atoms with E-state index in [2.05, 4.69) is 18.9 Å². The van der Waals surface area contributed by atoms with Crippen LogP contribution in [0.3, 0.4) is 0 Å². The molecule has 1 aromatic heterocycles. The zero-order valence-corrected chi connectivity index (χ0v) is 8.54. The van der Waals surface area contributed by atoms with Gasteiger partial charge in [-0.2, -0.15) is 5.10 Å². The van der Waals surface area contributed by atoms with Crippen molar-refractivity contribution in [3.05, 3.63) is 18.0 Å². The number of halogens is 1. The van der Waals surface area contributed by atoms with Crippen molar-refractivity contribution in [1.82, 2.24) is 9.78 Å². The molecule has 0 saturated carbocycles. The van der Waals surface area contributed by atoms with E-state index in [4.69, 9.17) is 11.6 Å². The molecule has 1 atom stereocenters. The lowest BCUT2D eigenvalue weighted by molar-refractivity contribution is 0.564. The monoisotopic (exact) mass is 186 g/mol. The molecule has 0 aliphatic carbocycles. The van der Waals surface area contributed by atoms with Crippen molar-refractivity contribution in [2.45, 2.75) is 25.6 Å². The molecule has 0 bridgehead atoms. The third-order valence-corrected chi connectivity index (χ3v) is 2.14. The molecule has 0 aliphatic heterocycles. The van der Waals surface area contributed by atoms with Crippen LogP contribution in [0.2, 0.25) is 0 Å². The summed E-state index contributed by atoms with van der Waals surface area (Å²) in [4.78, 5) is 0. The van der Waals surface area contributed by atoms with Gasteiger partial charge in [0.1, 0.15) is 0 Å². The number of aryl methyl sites for hydroxylation is 1. The van der Waals surface area contributed by atoms with E-state index in [1.807, 2.05) is 19.3 Å². The Balaban J connectivity index is 2.58. The van der Waals surface area contributed by atoms with Gasteiger partial charge in [-0.05, 0) is 18.4 Å². The Morgan fingerprint density at radius 3 is 2.67 bits per heavy atom. The third-order valence-electron chi connectivity index (χ3n) is 1.73. The van der Waals surface area contributed by atoms with E-state index in [1.165, 1.54) is 0 Å². The maximum atomic E-state index is 6.14. The van der Waals surface area contributed by atoms with Gasteiger partial charge in [-0.1, -0.05) is 13.8 Å². The predicted octanol–water partition coefficient (Wildman–Crippen LogP) is 2.75. The van der Waals surface area contributed by atoms with Crippen molar-refractivity contribution in [2.75, 3.05) is 0 Å². The molecule has 0 spiro atoms. The molecule has 1 heterocycles. The maximum Gasteiger partial charge on any atom is 0.0803 e. The van der Waals surface area contributed by atoms with Gasteiger partial charge in [0.25, 0.3) is 0 Å². The van der Waals surface area contributed by atoms with Gasteiger partial charge in [-0.3, -0.25) is 4.68 Å². The van der Waals surface area contributed by atoms with E-state index >= 15 is 0 Å². The summed E-state index contributed by atoms with van der Waals surface area (Å²) in [5.41, 5.74) is 0.980. The Hall–Kier alpha value is -0.500. The quantitative estimate of drug-likeness (QED) is 0.664. The smallest absolute Gasteiger partial charge is 0.0803 e. The SMILES string of the molecule is CC(C)CC(Cl)c1ccn(C)n1. The molecule has 0 fully saturated rings. The Labute approximate surface area is 78.5 Å². The van der Waals surface area contributed by atoms with Crippen LogP contribution in [-0.2, 0) is 7.05 Å². The molecule has 0 radical (unpaired) electrons. The van der Waals surface area contributed by atoms with Crippen LogP contribution in [0.4, 0.5) is 0 Å². The molecule has 2 nitrogen and oxygen atoms in total. The van der Waals surface area contributed by atoms with E-state index in [1.54, 1.807) is 4.68 Å². The Morgan fingerprint density at radius 2 is 2.25 bits per heavy atom. The van der Waals surface area contributed by atoms with Crippen molar-refractivity contribution >= 4 is 11.6 Å². The van der Waals surface area contributed by atoms with Crippen LogP contribution in [0, 0.1) is 5.92 Å². The van der Waals surface area contributed by atoms with Crippen LogP contribution in [0.5, 0.6) is 0 Å². The molecule has 1 unspecified atom stereocenters. The van der Waals surface area contributed by atoms with Gasteiger partial charge in [0, 0.05) is 13.2 Å². The first-order chi connectivity index (χ1) is 5.59. The summed E-state index contributed by atoms with van der Waals surface area (Å²) in [6.45, 7) is 4.33. The van der Waals surface area contributed by atoms with Crippen LogP contribution in [0.1, 0.15) is 31.3 Å². The van der Waals surface area contributed by atoms with Gasteiger partial charge < -0.3 is 0 Å². The van der Waals surface area contributed by atoms with Crippen molar-refractivity contribution in [3.8, 4) is 0 Å². The highest BCUT2D eigenvalue weighted by atomic mass is 35.5. The summed E-state index contributed by atoms with van der Waals surface area (Å²) in [6.07, 6.45) is 2.91.